The van der Waals surface area contributed by atoms with E-state index in [0.29, 0.717) is 11.2 Å². The van der Waals surface area contributed by atoms with E-state index in [2.05, 4.69) is 16.9 Å². The van der Waals surface area contributed by atoms with Gasteiger partial charge < -0.3 is 4.57 Å². The van der Waals surface area contributed by atoms with Gasteiger partial charge in [-0.2, -0.15) is 0 Å². The van der Waals surface area contributed by atoms with Crippen LogP contribution in [0.4, 0.5) is 0 Å². The van der Waals surface area contributed by atoms with Crippen molar-refractivity contribution in [1.29, 1.82) is 0 Å². The van der Waals surface area contributed by atoms with Crippen molar-refractivity contribution in [3.63, 3.8) is 0 Å². The molecular formula is C10H14N4O2. The zero-order valence-electron chi connectivity index (χ0n) is 9.36. The molecule has 0 spiro atoms. The minimum atomic E-state index is -0.432. The maximum atomic E-state index is 11.9. The van der Waals surface area contributed by atoms with Crippen molar-refractivity contribution in [2.24, 2.45) is 7.05 Å². The van der Waals surface area contributed by atoms with E-state index in [1.54, 1.807) is 10.9 Å². The molecule has 0 amide bonds. The number of imidazole rings is 1. The van der Waals surface area contributed by atoms with E-state index in [4.69, 9.17) is 0 Å². The summed E-state index contributed by atoms with van der Waals surface area (Å²) in [7, 11) is 1.46. The van der Waals surface area contributed by atoms with E-state index >= 15 is 0 Å². The van der Waals surface area contributed by atoms with Gasteiger partial charge in [0.25, 0.3) is 5.56 Å². The van der Waals surface area contributed by atoms with Gasteiger partial charge in [0, 0.05) is 13.6 Å². The quantitative estimate of drug-likeness (QED) is 0.807. The summed E-state index contributed by atoms with van der Waals surface area (Å²) < 4.78 is 2.85. The van der Waals surface area contributed by atoms with Crippen molar-refractivity contribution in [2.75, 3.05) is 0 Å². The molecule has 0 saturated heterocycles. The molecule has 0 fully saturated rings. The maximum absolute atomic E-state index is 11.9. The van der Waals surface area contributed by atoms with Crippen LogP contribution in [0.1, 0.15) is 19.8 Å². The minimum Gasteiger partial charge on any atom is -0.325 e. The topological polar surface area (TPSA) is 72.7 Å². The summed E-state index contributed by atoms with van der Waals surface area (Å²) in [5.41, 5.74) is 0.102. The normalized spacial score (nSPS) is 11.1. The number of nitrogens with zero attached hydrogens (tertiary/aromatic N) is 3. The van der Waals surface area contributed by atoms with Crippen molar-refractivity contribution < 1.29 is 0 Å². The van der Waals surface area contributed by atoms with Crippen LogP contribution in [0.15, 0.2) is 15.9 Å². The molecule has 2 heterocycles. The Kier molecular flexibility index (Phi) is 2.64. The van der Waals surface area contributed by atoms with Gasteiger partial charge >= 0.3 is 5.69 Å². The van der Waals surface area contributed by atoms with Gasteiger partial charge in [0.15, 0.2) is 11.2 Å². The SMILES string of the molecule is CCCCn1cnc2[nH]c(=O)n(C)c(=O)c21. The predicted molar refractivity (Wildman–Crippen MR) is 60.5 cm³/mol. The largest absolute Gasteiger partial charge is 0.329 e. The zero-order chi connectivity index (χ0) is 11.7. The number of aromatic nitrogens is 4. The highest BCUT2D eigenvalue weighted by atomic mass is 16.2. The number of nitrogens with one attached hydrogen (secondary N) is 1. The lowest BCUT2D eigenvalue weighted by atomic mass is 10.3. The predicted octanol–water partition coefficient (Wildman–Crippen LogP) is 0.223. The highest BCUT2D eigenvalue weighted by Crippen LogP contribution is 2.04. The molecule has 0 unspecified atom stereocenters. The van der Waals surface area contributed by atoms with Gasteiger partial charge in [-0.25, -0.2) is 9.78 Å². The second-order valence-corrected chi connectivity index (χ2v) is 3.78. The van der Waals surface area contributed by atoms with E-state index < -0.39 is 5.69 Å². The number of hydrogen-bond acceptors (Lipinski definition) is 3. The molecule has 2 rings (SSSR count). The molecule has 0 aromatic carbocycles. The lowest BCUT2D eigenvalue weighted by molar-refractivity contribution is 0.641. The van der Waals surface area contributed by atoms with Crippen LogP contribution in [0.25, 0.3) is 11.2 Å². The average Bonchev–Trinajstić information content (AvgIpc) is 2.66. The Morgan fingerprint density at radius 2 is 2.19 bits per heavy atom. The van der Waals surface area contributed by atoms with Crippen LogP contribution in [0.3, 0.4) is 0 Å². The van der Waals surface area contributed by atoms with Gasteiger partial charge in [0.1, 0.15) is 0 Å². The monoisotopic (exact) mass is 222 g/mol. The summed E-state index contributed by atoms with van der Waals surface area (Å²) in [4.78, 5) is 29.8. The lowest BCUT2D eigenvalue weighted by Crippen LogP contribution is -2.33. The molecule has 86 valence electrons. The summed E-state index contributed by atoms with van der Waals surface area (Å²) >= 11 is 0. The number of aryl methyl sites for hydroxylation is 1. The first-order chi connectivity index (χ1) is 7.65. The first kappa shape index (κ1) is 10.7. The van der Waals surface area contributed by atoms with Crippen LogP contribution < -0.4 is 11.2 Å². The van der Waals surface area contributed by atoms with E-state index in [9.17, 15) is 9.59 Å². The van der Waals surface area contributed by atoms with Gasteiger partial charge in [-0.3, -0.25) is 14.3 Å². The molecule has 0 atom stereocenters. The summed E-state index contributed by atoms with van der Waals surface area (Å²) in [6.45, 7) is 2.83. The van der Waals surface area contributed by atoms with Gasteiger partial charge in [-0.1, -0.05) is 13.3 Å². The second kappa shape index (κ2) is 3.96. The maximum Gasteiger partial charge on any atom is 0.329 e. The summed E-state index contributed by atoms with van der Waals surface area (Å²) in [5, 5.41) is 0. The molecule has 1 N–H and O–H groups in total. The molecule has 0 aliphatic heterocycles. The molecule has 2 aromatic rings. The number of aromatic amines is 1. The summed E-state index contributed by atoms with van der Waals surface area (Å²) in [6.07, 6.45) is 3.62. The molecule has 0 aliphatic rings. The van der Waals surface area contributed by atoms with E-state index in [0.717, 1.165) is 24.0 Å². The Labute approximate surface area is 91.5 Å². The first-order valence-corrected chi connectivity index (χ1v) is 5.29. The minimum absolute atomic E-state index is 0.299. The van der Waals surface area contributed by atoms with E-state index in [1.165, 1.54) is 7.05 Å². The van der Waals surface area contributed by atoms with E-state index in [-0.39, 0.29) is 5.56 Å². The van der Waals surface area contributed by atoms with Gasteiger partial charge in [0.2, 0.25) is 0 Å². The van der Waals surface area contributed by atoms with Crippen molar-refractivity contribution in [2.45, 2.75) is 26.3 Å². The Morgan fingerprint density at radius 1 is 1.44 bits per heavy atom. The lowest BCUT2D eigenvalue weighted by Gasteiger charge is -2.02. The summed E-state index contributed by atoms with van der Waals surface area (Å²) in [6, 6.07) is 0. The molecule has 0 saturated carbocycles. The fourth-order valence-corrected chi connectivity index (χ4v) is 1.63. The molecule has 0 aliphatic carbocycles. The number of hydrogen-bond donors (Lipinski definition) is 1. The van der Waals surface area contributed by atoms with Crippen LogP contribution in [0, 0.1) is 0 Å². The highest BCUT2D eigenvalue weighted by molar-refractivity contribution is 5.68. The first-order valence-electron chi connectivity index (χ1n) is 5.29. The Bertz CT molecular complexity index is 620. The number of fused-ring (bicyclic) bond motifs is 1. The van der Waals surface area contributed by atoms with Crippen LogP contribution in [0.2, 0.25) is 0 Å². The molecule has 6 heteroatoms. The van der Waals surface area contributed by atoms with Crippen LogP contribution in [0.5, 0.6) is 0 Å². The van der Waals surface area contributed by atoms with Crippen molar-refractivity contribution in [3.8, 4) is 0 Å². The Hall–Kier alpha value is -1.85. The van der Waals surface area contributed by atoms with Crippen molar-refractivity contribution in [3.05, 3.63) is 27.2 Å². The Morgan fingerprint density at radius 3 is 2.88 bits per heavy atom. The van der Waals surface area contributed by atoms with Crippen molar-refractivity contribution in [1.82, 2.24) is 19.1 Å². The molecule has 16 heavy (non-hydrogen) atoms. The van der Waals surface area contributed by atoms with Crippen LogP contribution >= 0.6 is 0 Å². The Balaban J connectivity index is 2.67. The number of unbranched alkanes of at least 4 members (excludes halogenated alkanes) is 1. The number of H-pyrrole nitrogens is 1. The zero-order valence-corrected chi connectivity index (χ0v) is 9.36. The molecule has 6 nitrogen and oxygen atoms in total. The molecule has 0 radical (unpaired) electrons. The fourth-order valence-electron chi connectivity index (χ4n) is 1.63. The van der Waals surface area contributed by atoms with Crippen molar-refractivity contribution >= 4 is 11.2 Å². The average molecular weight is 222 g/mol. The third-order valence-electron chi connectivity index (χ3n) is 2.63. The molecular weight excluding hydrogens is 208 g/mol. The second-order valence-electron chi connectivity index (χ2n) is 3.78. The molecule has 2 aromatic heterocycles. The van der Waals surface area contributed by atoms with Crippen LogP contribution in [-0.4, -0.2) is 19.1 Å². The van der Waals surface area contributed by atoms with Gasteiger partial charge in [-0.15, -0.1) is 0 Å². The highest BCUT2D eigenvalue weighted by Gasteiger charge is 2.10. The summed E-state index contributed by atoms with van der Waals surface area (Å²) in [5.74, 6) is 0. The van der Waals surface area contributed by atoms with Crippen LogP contribution in [-0.2, 0) is 13.6 Å². The standard InChI is InChI=1S/C10H14N4O2/c1-3-4-5-14-6-11-8-7(14)9(15)13(2)10(16)12-8/h6H,3-5H2,1-2H3,(H,12,16). The third-order valence-corrected chi connectivity index (χ3v) is 2.63. The number of rotatable bonds is 3. The van der Waals surface area contributed by atoms with Gasteiger partial charge in [-0.05, 0) is 6.42 Å². The van der Waals surface area contributed by atoms with Gasteiger partial charge in [0.05, 0.1) is 6.33 Å². The van der Waals surface area contributed by atoms with E-state index in [1.807, 2.05) is 0 Å². The smallest absolute Gasteiger partial charge is 0.325 e. The fraction of sp³-hybridized carbons (Fsp3) is 0.500. The third kappa shape index (κ3) is 1.56. The molecule has 0 bridgehead atoms.